The summed E-state index contributed by atoms with van der Waals surface area (Å²) in [4.78, 5) is 11.4. The summed E-state index contributed by atoms with van der Waals surface area (Å²) < 4.78 is 20.2. The van der Waals surface area contributed by atoms with Crippen LogP contribution in [0.4, 0.5) is 4.79 Å². The molecule has 8 heteroatoms. The number of ether oxygens (including phenoxy) is 4. The quantitative estimate of drug-likeness (QED) is 0.629. The van der Waals surface area contributed by atoms with Gasteiger partial charge in [-0.05, 0) is 17.7 Å². The van der Waals surface area contributed by atoms with Gasteiger partial charge in [-0.3, -0.25) is 5.43 Å². The van der Waals surface area contributed by atoms with Crippen molar-refractivity contribution >= 4 is 23.3 Å². The van der Waals surface area contributed by atoms with Gasteiger partial charge in [-0.2, -0.15) is 0 Å². The van der Waals surface area contributed by atoms with E-state index in [1.54, 1.807) is 12.1 Å². The van der Waals surface area contributed by atoms with Gasteiger partial charge in [-0.25, -0.2) is 10.2 Å². The second-order valence-corrected chi connectivity index (χ2v) is 4.37. The Bertz CT molecular complexity index is 496. The fourth-order valence-electron chi connectivity index (χ4n) is 1.64. The molecule has 0 aliphatic carbocycles. The van der Waals surface area contributed by atoms with Gasteiger partial charge in [0.15, 0.2) is 11.5 Å². The normalized spacial score (nSPS) is 9.52. The van der Waals surface area contributed by atoms with E-state index in [0.717, 1.165) is 5.56 Å². The first-order valence-electron chi connectivity index (χ1n) is 5.97. The highest BCUT2D eigenvalue weighted by molar-refractivity contribution is 7.80. The highest BCUT2D eigenvalue weighted by atomic mass is 32.1. The molecule has 1 rings (SSSR count). The van der Waals surface area contributed by atoms with E-state index >= 15 is 0 Å². The van der Waals surface area contributed by atoms with Crippen molar-refractivity contribution in [3.05, 3.63) is 17.7 Å². The Morgan fingerprint density at radius 2 is 1.62 bits per heavy atom. The van der Waals surface area contributed by atoms with E-state index in [0.29, 0.717) is 28.7 Å². The van der Waals surface area contributed by atoms with E-state index in [-0.39, 0.29) is 0 Å². The fourth-order valence-corrected chi connectivity index (χ4v) is 1.86. The summed E-state index contributed by atoms with van der Waals surface area (Å²) in [7, 11) is 5.87. The molecule has 0 fully saturated rings. The standard InChI is InChI=1S/C13H18N2O5S/c1-17-9-5-8(6-10(18-2)12(9)19-3)7-11(21)14-15-13(16)20-4/h5-6H,7H2,1-4H3,(H,14,21)(H,15,16). The van der Waals surface area contributed by atoms with Crippen molar-refractivity contribution in [2.75, 3.05) is 28.4 Å². The molecular formula is C13H18N2O5S. The molecule has 0 heterocycles. The average Bonchev–Trinajstić information content (AvgIpc) is 2.51. The zero-order valence-electron chi connectivity index (χ0n) is 12.3. The van der Waals surface area contributed by atoms with E-state index in [1.807, 2.05) is 0 Å². The summed E-state index contributed by atoms with van der Waals surface area (Å²) in [6.07, 6.45) is -0.238. The number of hydrogen-bond donors (Lipinski definition) is 2. The van der Waals surface area contributed by atoms with Gasteiger partial charge in [0.05, 0.1) is 33.4 Å². The Balaban J connectivity index is 2.83. The maximum Gasteiger partial charge on any atom is 0.425 e. The van der Waals surface area contributed by atoms with Gasteiger partial charge in [-0.1, -0.05) is 12.2 Å². The van der Waals surface area contributed by atoms with Crippen LogP contribution in [-0.4, -0.2) is 39.5 Å². The summed E-state index contributed by atoms with van der Waals surface area (Å²) >= 11 is 5.13. The zero-order chi connectivity index (χ0) is 15.8. The molecule has 0 saturated carbocycles. The topological polar surface area (TPSA) is 78.1 Å². The molecule has 0 radical (unpaired) electrons. The first-order chi connectivity index (χ1) is 10.0. The van der Waals surface area contributed by atoms with Crippen LogP contribution in [0.25, 0.3) is 0 Å². The van der Waals surface area contributed by atoms with Crippen LogP contribution in [0.1, 0.15) is 5.56 Å². The van der Waals surface area contributed by atoms with E-state index in [1.165, 1.54) is 28.4 Å². The van der Waals surface area contributed by atoms with Crippen molar-refractivity contribution in [2.24, 2.45) is 0 Å². The molecule has 21 heavy (non-hydrogen) atoms. The largest absolute Gasteiger partial charge is 0.493 e. The summed E-state index contributed by atoms with van der Waals surface area (Å²) in [6.45, 7) is 0. The third kappa shape index (κ3) is 4.67. The van der Waals surface area contributed by atoms with Crippen LogP contribution in [0.15, 0.2) is 12.1 Å². The lowest BCUT2D eigenvalue weighted by molar-refractivity contribution is 0.169. The van der Waals surface area contributed by atoms with E-state index in [2.05, 4.69) is 15.6 Å². The molecule has 0 unspecified atom stereocenters. The van der Waals surface area contributed by atoms with Crippen molar-refractivity contribution in [2.45, 2.75) is 6.42 Å². The van der Waals surface area contributed by atoms with Crippen LogP contribution in [-0.2, 0) is 11.2 Å². The molecule has 0 atom stereocenters. The minimum absolute atomic E-state index is 0.385. The van der Waals surface area contributed by atoms with E-state index < -0.39 is 6.09 Å². The van der Waals surface area contributed by atoms with Gasteiger partial charge >= 0.3 is 6.09 Å². The van der Waals surface area contributed by atoms with Crippen LogP contribution >= 0.6 is 12.2 Å². The van der Waals surface area contributed by atoms with Gasteiger partial charge in [-0.15, -0.1) is 0 Å². The lowest BCUT2D eigenvalue weighted by atomic mass is 10.1. The first-order valence-corrected chi connectivity index (χ1v) is 6.38. The lowest BCUT2D eigenvalue weighted by Gasteiger charge is -2.14. The van der Waals surface area contributed by atoms with Crippen molar-refractivity contribution < 1.29 is 23.7 Å². The Morgan fingerprint density at radius 3 is 2.05 bits per heavy atom. The number of carbonyl (C=O) groups is 1. The number of nitrogens with one attached hydrogen (secondary N) is 2. The van der Waals surface area contributed by atoms with Gasteiger partial charge in [0.2, 0.25) is 5.75 Å². The van der Waals surface area contributed by atoms with Crippen molar-refractivity contribution in [3.8, 4) is 17.2 Å². The molecule has 0 aromatic heterocycles. The number of methoxy groups -OCH3 is 4. The summed E-state index contributed by atoms with van der Waals surface area (Å²) in [5.74, 6) is 1.58. The first kappa shape index (κ1) is 16.8. The average molecular weight is 314 g/mol. The Hall–Kier alpha value is -2.22. The van der Waals surface area contributed by atoms with Crippen LogP contribution in [0.3, 0.4) is 0 Å². The molecule has 0 bridgehead atoms. The van der Waals surface area contributed by atoms with Gasteiger partial charge in [0.1, 0.15) is 0 Å². The SMILES string of the molecule is COC(=O)NNC(=S)Cc1cc(OC)c(OC)c(OC)c1. The fraction of sp³-hybridized carbons (Fsp3) is 0.385. The van der Waals surface area contributed by atoms with Crippen LogP contribution in [0.5, 0.6) is 17.2 Å². The predicted octanol–water partition coefficient (Wildman–Crippen LogP) is 1.44. The monoisotopic (exact) mass is 314 g/mol. The number of hydrazine groups is 1. The second kappa shape index (κ2) is 8.15. The molecule has 0 saturated heterocycles. The number of benzene rings is 1. The third-order valence-corrected chi connectivity index (χ3v) is 2.82. The highest BCUT2D eigenvalue weighted by Gasteiger charge is 2.14. The lowest BCUT2D eigenvalue weighted by Crippen LogP contribution is -2.41. The van der Waals surface area contributed by atoms with Crippen molar-refractivity contribution in [1.29, 1.82) is 0 Å². The molecule has 2 N–H and O–H groups in total. The van der Waals surface area contributed by atoms with Gasteiger partial charge < -0.3 is 18.9 Å². The zero-order valence-corrected chi connectivity index (χ0v) is 13.1. The van der Waals surface area contributed by atoms with Crippen LogP contribution in [0.2, 0.25) is 0 Å². The Labute approximate surface area is 128 Å². The van der Waals surface area contributed by atoms with Crippen molar-refractivity contribution in [1.82, 2.24) is 10.9 Å². The molecule has 116 valence electrons. The molecule has 0 aliphatic rings. The summed E-state index contributed by atoms with van der Waals surface area (Å²) in [6, 6.07) is 3.57. The van der Waals surface area contributed by atoms with E-state index in [4.69, 9.17) is 26.4 Å². The van der Waals surface area contributed by atoms with Crippen LogP contribution < -0.4 is 25.1 Å². The maximum absolute atomic E-state index is 10.9. The molecule has 1 amide bonds. The molecular weight excluding hydrogens is 296 g/mol. The highest BCUT2D eigenvalue weighted by Crippen LogP contribution is 2.38. The molecule has 0 aliphatic heterocycles. The number of rotatable bonds is 5. The number of carbonyl (C=O) groups excluding carboxylic acids is 1. The van der Waals surface area contributed by atoms with Crippen LogP contribution in [0, 0.1) is 0 Å². The minimum Gasteiger partial charge on any atom is -0.493 e. The van der Waals surface area contributed by atoms with Gasteiger partial charge in [0.25, 0.3) is 0 Å². The van der Waals surface area contributed by atoms with E-state index in [9.17, 15) is 4.79 Å². The molecule has 7 nitrogen and oxygen atoms in total. The minimum atomic E-state index is -0.623. The molecule has 0 spiro atoms. The maximum atomic E-state index is 10.9. The summed E-state index contributed by atoms with van der Waals surface area (Å²) in [5.41, 5.74) is 5.71. The second-order valence-electron chi connectivity index (χ2n) is 3.88. The van der Waals surface area contributed by atoms with Crippen molar-refractivity contribution in [3.63, 3.8) is 0 Å². The number of hydrogen-bond acceptors (Lipinski definition) is 6. The number of thiocarbonyl (C=S) groups is 1. The summed E-state index contributed by atoms with van der Waals surface area (Å²) in [5, 5.41) is 0. The Kier molecular flexibility index (Phi) is 6.54. The number of amides is 1. The molecule has 1 aromatic carbocycles. The Morgan fingerprint density at radius 1 is 1.05 bits per heavy atom. The predicted molar refractivity (Wildman–Crippen MR) is 81.1 cm³/mol. The molecule has 1 aromatic rings. The third-order valence-electron chi connectivity index (χ3n) is 2.58. The van der Waals surface area contributed by atoms with Gasteiger partial charge in [0, 0.05) is 6.42 Å². The smallest absolute Gasteiger partial charge is 0.425 e.